The van der Waals surface area contributed by atoms with E-state index in [4.69, 9.17) is 0 Å². The van der Waals surface area contributed by atoms with Gasteiger partial charge in [-0.3, -0.25) is 4.79 Å². The summed E-state index contributed by atoms with van der Waals surface area (Å²) in [4.78, 5) is 15.2. The van der Waals surface area contributed by atoms with Gasteiger partial charge in [0.25, 0.3) is 5.91 Å². The second kappa shape index (κ2) is 8.32. The number of thiophene rings is 1. The molecule has 1 aliphatic rings. The number of rotatable bonds is 6. The van der Waals surface area contributed by atoms with Crippen LogP contribution < -0.4 is 0 Å². The van der Waals surface area contributed by atoms with Crippen molar-refractivity contribution in [2.75, 3.05) is 0 Å². The Labute approximate surface area is 186 Å². The van der Waals surface area contributed by atoms with Crippen LogP contribution in [0.25, 0.3) is 0 Å². The molecule has 0 aliphatic carbocycles. The third-order valence-electron chi connectivity index (χ3n) is 5.49. The molecule has 3 aromatic rings. The molecule has 0 unspecified atom stereocenters. The molecule has 2 aromatic carbocycles. The highest BCUT2D eigenvalue weighted by Crippen LogP contribution is 2.43. The second-order valence-electron chi connectivity index (χ2n) is 7.54. The summed E-state index contributed by atoms with van der Waals surface area (Å²) in [5.41, 5.74) is 2.68. The molecule has 31 heavy (non-hydrogen) atoms. The number of nitrogens with zero attached hydrogens (tertiary/aromatic N) is 1. The second-order valence-corrected chi connectivity index (χ2v) is 10.5. The van der Waals surface area contributed by atoms with Crippen molar-refractivity contribution >= 4 is 27.1 Å². The van der Waals surface area contributed by atoms with Crippen LogP contribution in [0.5, 0.6) is 0 Å². The highest BCUT2D eigenvalue weighted by Gasteiger charge is 2.46. The Hall–Kier alpha value is -2.90. The summed E-state index contributed by atoms with van der Waals surface area (Å²) in [5, 5.41) is 12.7. The normalized spacial score (nSPS) is 16.9. The number of hydrogen-bond acceptors (Lipinski definition) is 5. The molecule has 1 N–H and O–H groups in total. The van der Waals surface area contributed by atoms with Gasteiger partial charge < -0.3 is 10.0 Å². The molecule has 0 saturated heterocycles. The van der Waals surface area contributed by atoms with Crippen LogP contribution in [0, 0.1) is 6.92 Å². The van der Waals surface area contributed by atoms with Crippen molar-refractivity contribution in [3.8, 4) is 0 Å². The number of amides is 1. The predicted molar refractivity (Wildman–Crippen MR) is 121 cm³/mol. The molecule has 0 radical (unpaired) electrons. The Morgan fingerprint density at radius 2 is 1.71 bits per heavy atom. The van der Waals surface area contributed by atoms with Gasteiger partial charge in [0.2, 0.25) is 9.84 Å². The number of aliphatic hydroxyl groups excluding tert-OH is 1. The van der Waals surface area contributed by atoms with Crippen molar-refractivity contribution in [1.29, 1.82) is 0 Å². The number of benzene rings is 2. The van der Waals surface area contributed by atoms with E-state index >= 15 is 0 Å². The minimum absolute atomic E-state index is 0.0561. The van der Waals surface area contributed by atoms with Crippen LogP contribution >= 0.6 is 11.3 Å². The Morgan fingerprint density at radius 3 is 2.29 bits per heavy atom. The van der Waals surface area contributed by atoms with Crippen LogP contribution in [-0.4, -0.2) is 24.3 Å². The van der Waals surface area contributed by atoms with Gasteiger partial charge >= 0.3 is 0 Å². The largest absolute Gasteiger partial charge is 0.502 e. The molecular weight excluding hydrogens is 430 g/mol. The van der Waals surface area contributed by atoms with Crippen LogP contribution in [0.15, 0.2) is 81.6 Å². The molecule has 1 aromatic heterocycles. The molecule has 1 aliphatic heterocycles. The van der Waals surface area contributed by atoms with E-state index in [2.05, 4.69) is 0 Å². The zero-order chi connectivity index (χ0) is 22.2. The number of carbonyl (C=O) groups is 1. The fraction of sp³-hybridized carbons (Fsp3) is 0.208. The van der Waals surface area contributed by atoms with Crippen LogP contribution in [-0.2, 0) is 27.6 Å². The predicted octanol–water partition coefficient (Wildman–Crippen LogP) is 4.95. The average molecular weight is 454 g/mol. The van der Waals surface area contributed by atoms with E-state index in [1.165, 1.54) is 28.4 Å². The number of aliphatic hydroxyl groups is 1. The first-order valence-corrected chi connectivity index (χ1v) is 12.4. The van der Waals surface area contributed by atoms with Crippen LogP contribution in [0.3, 0.4) is 0 Å². The molecule has 0 spiro atoms. The minimum Gasteiger partial charge on any atom is -0.502 e. The van der Waals surface area contributed by atoms with Gasteiger partial charge in [0.15, 0.2) is 5.76 Å². The monoisotopic (exact) mass is 453 g/mol. The fourth-order valence-corrected chi connectivity index (χ4v) is 6.10. The zero-order valence-electron chi connectivity index (χ0n) is 17.3. The molecule has 160 valence electrons. The molecule has 1 atom stereocenters. The van der Waals surface area contributed by atoms with Gasteiger partial charge in [0.1, 0.15) is 4.91 Å². The van der Waals surface area contributed by atoms with E-state index in [0.717, 1.165) is 22.4 Å². The molecule has 0 fully saturated rings. The Morgan fingerprint density at radius 1 is 1.03 bits per heavy atom. The molecule has 1 amide bonds. The number of aryl methyl sites for hydroxylation is 2. The number of carbonyl (C=O) groups excluding carboxylic acids is 1. The topological polar surface area (TPSA) is 74.7 Å². The summed E-state index contributed by atoms with van der Waals surface area (Å²) >= 11 is 1.48. The zero-order valence-corrected chi connectivity index (χ0v) is 18.9. The fourth-order valence-electron chi connectivity index (χ4n) is 3.75. The molecule has 4 rings (SSSR count). The van der Waals surface area contributed by atoms with Crippen molar-refractivity contribution in [2.45, 2.75) is 37.8 Å². The van der Waals surface area contributed by atoms with Crippen molar-refractivity contribution in [1.82, 2.24) is 4.90 Å². The Balaban J connectivity index is 1.85. The maximum Gasteiger partial charge on any atom is 0.290 e. The quantitative estimate of drug-likeness (QED) is 0.573. The highest BCUT2D eigenvalue weighted by atomic mass is 32.2. The van der Waals surface area contributed by atoms with Crippen molar-refractivity contribution in [2.24, 2.45) is 0 Å². The third kappa shape index (κ3) is 3.91. The summed E-state index contributed by atoms with van der Waals surface area (Å²) in [6.45, 7) is 4.12. The van der Waals surface area contributed by atoms with E-state index in [1.807, 2.05) is 55.6 Å². The van der Waals surface area contributed by atoms with Gasteiger partial charge in [-0.1, -0.05) is 55.0 Å². The van der Waals surface area contributed by atoms with Crippen LogP contribution in [0.1, 0.15) is 34.5 Å². The summed E-state index contributed by atoms with van der Waals surface area (Å²) in [5.74, 6) is -1.38. The lowest BCUT2D eigenvalue weighted by Gasteiger charge is -2.26. The van der Waals surface area contributed by atoms with Crippen molar-refractivity contribution in [3.05, 3.63) is 98.3 Å². The number of sulfone groups is 1. The number of hydrogen-bond donors (Lipinski definition) is 1. The Bertz CT molecular complexity index is 1230. The lowest BCUT2D eigenvalue weighted by Crippen LogP contribution is -2.30. The van der Waals surface area contributed by atoms with E-state index in [1.54, 1.807) is 12.1 Å². The third-order valence-corrected chi connectivity index (χ3v) is 8.24. The average Bonchev–Trinajstić information content (AvgIpc) is 3.37. The summed E-state index contributed by atoms with van der Waals surface area (Å²) in [6.07, 6.45) is 0.846. The first-order valence-electron chi connectivity index (χ1n) is 10.00. The lowest BCUT2D eigenvalue weighted by molar-refractivity contribution is -0.130. The van der Waals surface area contributed by atoms with Gasteiger partial charge in [-0.2, -0.15) is 0 Å². The standard InChI is InChI=1S/C24H23NO4S2/c1-3-17-8-10-18(11-9-17)21-23(31(28,29)20-12-6-16(2)7-13-20)22(26)24(27)25(21)15-19-5-4-14-30-19/h4-14,21,26H,3,15H2,1-2H3/t21-/m0/s1. The lowest BCUT2D eigenvalue weighted by atomic mass is 10.0. The van der Waals surface area contributed by atoms with E-state index < -0.39 is 27.5 Å². The smallest absolute Gasteiger partial charge is 0.290 e. The molecule has 0 saturated carbocycles. The maximum absolute atomic E-state index is 13.6. The van der Waals surface area contributed by atoms with Crippen molar-refractivity contribution < 1.29 is 18.3 Å². The van der Waals surface area contributed by atoms with E-state index in [9.17, 15) is 18.3 Å². The van der Waals surface area contributed by atoms with Crippen LogP contribution in [0.4, 0.5) is 0 Å². The molecular formula is C24H23NO4S2. The van der Waals surface area contributed by atoms with E-state index in [0.29, 0.717) is 5.56 Å². The molecule has 7 heteroatoms. The minimum atomic E-state index is -4.09. The molecule has 0 bridgehead atoms. The van der Waals surface area contributed by atoms with Gasteiger partial charge in [-0.05, 0) is 48.1 Å². The van der Waals surface area contributed by atoms with Gasteiger partial charge in [0.05, 0.1) is 17.5 Å². The molecule has 5 nitrogen and oxygen atoms in total. The van der Waals surface area contributed by atoms with E-state index in [-0.39, 0.29) is 16.3 Å². The van der Waals surface area contributed by atoms with Gasteiger partial charge in [-0.15, -0.1) is 11.3 Å². The highest BCUT2D eigenvalue weighted by molar-refractivity contribution is 7.95. The van der Waals surface area contributed by atoms with Crippen LogP contribution in [0.2, 0.25) is 0 Å². The first-order chi connectivity index (χ1) is 14.8. The maximum atomic E-state index is 13.6. The SMILES string of the molecule is CCc1ccc([C@H]2C(S(=O)(=O)c3ccc(C)cc3)=C(O)C(=O)N2Cc2cccs2)cc1. The summed E-state index contributed by atoms with van der Waals surface area (Å²) < 4.78 is 27.1. The summed E-state index contributed by atoms with van der Waals surface area (Å²) in [7, 11) is -4.09. The van der Waals surface area contributed by atoms with Gasteiger partial charge in [-0.25, -0.2) is 8.42 Å². The Kier molecular flexibility index (Phi) is 5.73. The van der Waals surface area contributed by atoms with Gasteiger partial charge in [0, 0.05) is 4.88 Å². The summed E-state index contributed by atoms with van der Waals surface area (Å²) in [6, 6.07) is 16.8. The molecule has 2 heterocycles. The van der Waals surface area contributed by atoms with Crippen molar-refractivity contribution in [3.63, 3.8) is 0 Å². The first kappa shape index (κ1) is 21.3.